The lowest BCUT2D eigenvalue weighted by Gasteiger charge is -2.23. The Bertz CT molecular complexity index is 505. The van der Waals surface area contributed by atoms with Gasteiger partial charge in [-0.2, -0.15) is 5.10 Å². The summed E-state index contributed by atoms with van der Waals surface area (Å²) in [6.45, 7) is 0.810. The summed E-state index contributed by atoms with van der Waals surface area (Å²) in [6.07, 6.45) is 6.92. The van der Waals surface area contributed by atoms with E-state index in [4.69, 9.17) is 16.3 Å². The molecule has 1 aliphatic rings. The van der Waals surface area contributed by atoms with Crippen molar-refractivity contribution in [2.75, 3.05) is 6.61 Å². The average molecular weight is 238 g/mol. The second-order valence-corrected chi connectivity index (χ2v) is 4.36. The maximum Gasteiger partial charge on any atom is 0.150 e. The van der Waals surface area contributed by atoms with Gasteiger partial charge in [-0.3, -0.25) is 0 Å². The van der Waals surface area contributed by atoms with Gasteiger partial charge in [-0.25, -0.2) is 9.67 Å². The van der Waals surface area contributed by atoms with Crippen molar-refractivity contribution in [2.24, 2.45) is 0 Å². The van der Waals surface area contributed by atoms with Gasteiger partial charge in [0, 0.05) is 24.3 Å². The van der Waals surface area contributed by atoms with Gasteiger partial charge in [0.05, 0.1) is 11.7 Å². The maximum atomic E-state index is 5.89. The van der Waals surface area contributed by atoms with Crippen molar-refractivity contribution in [2.45, 2.75) is 25.5 Å². The second kappa shape index (κ2) is 4.03. The van der Waals surface area contributed by atoms with Crippen molar-refractivity contribution in [1.29, 1.82) is 0 Å². The predicted molar refractivity (Wildman–Crippen MR) is 61.4 cm³/mol. The van der Waals surface area contributed by atoms with Crippen molar-refractivity contribution in [3.05, 3.63) is 23.6 Å². The fourth-order valence-electron chi connectivity index (χ4n) is 2.06. The molecule has 2 aromatic rings. The number of rotatable bonds is 1. The quantitative estimate of drug-likeness (QED) is 0.716. The largest absolute Gasteiger partial charge is 0.356 e. The number of halogens is 1. The van der Waals surface area contributed by atoms with E-state index in [-0.39, 0.29) is 6.23 Å². The molecule has 0 bridgehead atoms. The monoisotopic (exact) mass is 237 g/mol. The van der Waals surface area contributed by atoms with Crippen LogP contribution in [0.2, 0.25) is 5.15 Å². The molecule has 1 atom stereocenters. The van der Waals surface area contributed by atoms with Crippen molar-refractivity contribution in [3.8, 4) is 0 Å². The van der Waals surface area contributed by atoms with Gasteiger partial charge in [0.1, 0.15) is 5.15 Å². The first-order valence-corrected chi connectivity index (χ1v) is 5.83. The molecule has 0 N–H and O–H groups in total. The first kappa shape index (κ1) is 10.1. The van der Waals surface area contributed by atoms with E-state index in [9.17, 15) is 0 Å². The summed E-state index contributed by atoms with van der Waals surface area (Å²) in [4.78, 5) is 4.04. The molecule has 0 radical (unpaired) electrons. The van der Waals surface area contributed by atoms with E-state index in [2.05, 4.69) is 10.1 Å². The van der Waals surface area contributed by atoms with Gasteiger partial charge in [-0.15, -0.1) is 0 Å². The molecule has 3 rings (SSSR count). The predicted octanol–water partition coefficient (Wildman–Crippen LogP) is 2.78. The second-order valence-electron chi connectivity index (χ2n) is 3.98. The molecule has 2 aromatic heterocycles. The topological polar surface area (TPSA) is 39.9 Å². The van der Waals surface area contributed by atoms with E-state index in [1.54, 1.807) is 12.4 Å². The zero-order valence-corrected chi connectivity index (χ0v) is 9.52. The van der Waals surface area contributed by atoms with Gasteiger partial charge in [-0.05, 0) is 19.3 Å². The Balaban J connectivity index is 2.05. The molecule has 5 heteroatoms. The van der Waals surface area contributed by atoms with E-state index in [0.717, 1.165) is 30.4 Å². The SMILES string of the molecule is Clc1cc2c(cn1)cnn2[C@H]1CCCCO1. The van der Waals surface area contributed by atoms with Gasteiger partial charge in [0.2, 0.25) is 0 Å². The molecule has 84 valence electrons. The normalized spacial score (nSPS) is 21.4. The van der Waals surface area contributed by atoms with Gasteiger partial charge in [0.15, 0.2) is 6.23 Å². The Morgan fingerprint density at radius 1 is 1.38 bits per heavy atom. The minimum atomic E-state index is 0.0460. The fourth-order valence-corrected chi connectivity index (χ4v) is 2.21. The van der Waals surface area contributed by atoms with Crippen LogP contribution in [0, 0.1) is 0 Å². The third-order valence-electron chi connectivity index (χ3n) is 2.88. The van der Waals surface area contributed by atoms with Crippen LogP contribution < -0.4 is 0 Å². The molecular formula is C11H12ClN3O. The molecule has 3 heterocycles. The molecule has 0 aromatic carbocycles. The summed E-state index contributed by atoms with van der Waals surface area (Å²) in [5.41, 5.74) is 0.993. The van der Waals surface area contributed by atoms with E-state index >= 15 is 0 Å². The van der Waals surface area contributed by atoms with Crippen LogP contribution in [0.4, 0.5) is 0 Å². The summed E-state index contributed by atoms with van der Waals surface area (Å²) in [6, 6.07) is 1.84. The summed E-state index contributed by atoms with van der Waals surface area (Å²) in [7, 11) is 0. The number of hydrogen-bond acceptors (Lipinski definition) is 3. The Kier molecular flexibility index (Phi) is 2.53. The summed E-state index contributed by atoms with van der Waals surface area (Å²) in [5, 5.41) is 5.84. The smallest absolute Gasteiger partial charge is 0.150 e. The van der Waals surface area contributed by atoms with E-state index in [0.29, 0.717) is 5.15 Å². The molecule has 0 spiro atoms. The lowest BCUT2D eigenvalue weighted by Crippen LogP contribution is -2.18. The maximum absolute atomic E-state index is 5.89. The molecule has 1 fully saturated rings. The number of ether oxygens (including phenoxy) is 1. The Morgan fingerprint density at radius 2 is 2.31 bits per heavy atom. The average Bonchev–Trinajstić information content (AvgIpc) is 2.73. The Morgan fingerprint density at radius 3 is 3.12 bits per heavy atom. The van der Waals surface area contributed by atoms with Crippen LogP contribution in [0.15, 0.2) is 18.5 Å². The van der Waals surface area contributed by atoms with Gasteiger partial charge in [0.25, 0.3) is 0 Å². The number of hydrogen-bond donors (Lipinski definition) is 0. The van der Waals surface area contributed by atoms with E-state index in [1.807, 2.05) is 10.7 Å². The van der Waals surface area contributed by atoms with Gasteiger partial charge >= 0.3 is 0 Å². The minimum Gasteiger partial charge on any atom is -0.356 e. The highest BCUT2D eigenvalue weighted by Gasteiger charge is 2.18. The first-order valence-electron chi connectivity index (χ1n) is 5.45. The zero-order chi connectivity index (χ0) is 11.0. The zero-order valence-electron chi connectivity index (χ0n) is 8.77. The number of fused-ring (bicyclic) bond motifs is 1. The van der Waals surface area contributed by atoms with Crippen LogP contribution in [0.25, 0.3) is 10.9 Å². The molecule has 0 amide bonds. The molecule has 0 saturated carbocycles. The van der Waals surface area contributed by atoms with Gasteiger partial charge in [-0.1, -0.05) is 11.6 Å². The molecule has 1 aliphatic heterocycles. The van der Waals surface area contributed by atoms with Crippen LogP contribution in [0.1, 0.15) is 25.5 Å². The highest BCUT2D eigenvalue weighted by atomic mass is 35.5. The highest BCUT2D eigenvalue weighted by molar-refractivity contribution is 6.29. The van der Waals surface area contributed by atoms with E-state index < -0.39 is 0 Å². The van der Waals surface area contributed by atoms with E-state index in [1.165, 1.54) is 6.42 Å². The number of pyridine rings is 1. The van der Waals surface area contributed by atoms with Crippen molar-refractivity contribution in [3.63, 3.8) is 0 Å². The summed E-state index contributed by atoms with van der Waals surface area (Å²) in [5.74, 6) is 0. The molecule has 16 heavy (non-hydrogen) atoms. The molecule has 1 saturated heterocycles. The van der Waals surface area contributed by atoms with Crippen molar-refractivity contribution in [1.82, 2.24) is 14.8 Å². The summed E-state index contributed by atoms with van der Waals surface area (Å²) >= 11 is 5.89. The Hall–Kier alpha value is -1.13. The molecule has 4 nitrogen and oxygen atoms in total. The number of aromatic nitrogens is 3. The number of nitrogens with zero attached hydrogens (tertiary/aromatic N) is 3. The standard InChI is InChI=1S/C11H12ClN3O/c12-10-5-9-8(6-13-10)7-14-15(9)11-3-1-2-4-16-11/h5-7,11H,1-4H2/t11-/m1/s1. The van der Waals surface area contributed by atoms with Crippen LogP contribution >= 0.6 is 11.6 Å². The van der Waals surface area contributed by atoms with Crippen molar-refractivity contribution < 1.29 is 4.74 Å². The van der Waals surface area contributed by atoms with Crippen LogP contribution in [0.5, 0.6) is 0 Å². The fraction of sp³-hybridized carbons (Fsp3) is 0.455. The van der Waals surface area contributed by atoms with Crippen LogP contribution in [-0.4, -0.2) is 21.4 Å². The van der Waals surface area contributed by atoms with Gasteiger partial charge < -0.3 is 4.74 Å². The lowest BCUT2D eigenvalue weighted by atomic mass is 10.2. The third-order valence-corrected chi connectivity index (χ3v) is 3.08. The molecular weight excluding hydrogens is 226 g/mol. The van der Waals surface area contributed by atoms with Crippen LogP contribution in [-0.2, 0) is 4.74 Å². The molecule has 0 aliphatic carbocycles. The van der Waals surface area contributed by atoms with Crippen molar-refractivity contribution >= 4 is 22.5 Å². The first-order chi connectivity index (χ1) is 7.84. The Labute approximate surface area is 98.2 Å². The lowest BCUT2D eigenvalue weighted by molar-refractivity contribution is -0.0366. The highest BCUT2D eigenvalue weighted by Crippen LogP contribution is 2.26. The molecule has 0 unspecified atom stereocenters. The minimum absolute atomic E-state index is 0.0460. The van der Waals surface area contributed by atoms with Crippen LogP contribution in [0.3, 0.4) is 0 Å². The third kappa shape index (κ3) is 1.68. The summed E-state index contributed by atoms with van der Waals surface area (Å²) < 4.78 is 7.61.